The molecule has 1 aliphatic heterocycles. The summed E-state index contributed by atoms with van der Waals surface area (Å²) in [5.74, 6) is -1.06. The summed E-state index contributed by atoms with van der Waals surface area (Å²) in [5, 5.41) is 13.2. The summed E-state index contributed by atoms with van der Waals surface area (Å²) in [6.07, 6.45) is -0.340. The third-order valence-corrected chi connectivity index (χ3v) is 7.55. The Labute approximate surface area is 255 Å². The first-order valence-corrected chi connectivity index (χ1v) is 13.9. The molecule has 7 nitrogen and oxygen atoms in total. The zero-order valence-corrected chi connectivity index (χ0v) is 24.0. The Morgan fingerprint density at radius 2 is 1.71 bits per heavy atom. The standard InChI is InChI=1S/C31H23Cl3FNO6/c32-24-9-8-21(14-25(24)33)42-29(13-17-2-1-3-19(35)12-17)36-30(37)18-4-6-20(7-5-18)41-28-16-27-23(15-26(28)34)22(31(38)39)10-11-40-27/h1-9,12,14-16,22,29H,10-11,13H2,(H,36,37)(H,38,39). The fourth-order valence-electron chi connectivity index (χ4n) is 4.47. The van der Waals surface area contributed by atoms with Crippen LogP contribution in [-0.2, 0) is 11.2 Å². The fourth-order valence-corrected chi connectivity index (χ4v) is 4.97. The van der Waals surface area contributed by atoms with E-state index in [1.807, 2.05) is 0 Å². The van der Waals surface area contributed by atoms with E-state index in [9.17, 15) is 19.1 Å². The molecule has 0 aliphatic carbocycles. The number of fused-ring (bicyclic) bond motifs is 1. The molecule has 0 saturated carbocycles. The van der Waals surface area contributed by atoms with Gasteiger partial charge in [-0.05, 0) is 66.6 Å². The molecule has 2 unspecified atom stereocenters. The highest BCUT2D eigenvalue weighted by Gasteiger charge is 2.29. The summed E-state index contributed by atoms with van der Waals surface area (Å²) in [6, 6.07) is 20.1. The molecule has 1 amide bonds. The van der Waals surface area contributed by atoms with Gasteiger partial charge in [-0.1, -0.05) is 46.9 Å². The highest BCUT2D eigenvalue weighted by Crippen LogP contribution is 2.42. The molecule has 1 heterocycles. The Bertz CT molecular complexity index is 1630. The lowest BCUT2D eigenvalue weighted by Crippen LogP contribution is -2.40. The molecule has 4 aromatic rings. The fraction of sp³-hybridized carbons (Fsp3) is 0.161. The lowest BCUT2D eigenvalue weighted by atomic mass is 9.93. The van der Waals surface area contributed by atoms with Crippen molar-refractivity contribution in [1.82, 2.24) is 5.32 Å². The van der Waals surface area contributed by atoms with Crippen LogP contribution in [0.3, 0.4) is 0 Å². The second kappa shape index (κ2) is 12.9. The number of carbonyl (C=O) groups is 2. The number of nitrogens with one attached hydrogen (secondary N) is 1. The predicted molar refractivity (Wildman–Crippen MR) is 157 cm³/mol. The maximum Gasteiger partial charge on any atom is 0.311 e. The summed E-state index contributed by atoms with van der Waals surface area (Å²) < 4.78 is 31.3. The molecule has 0 radical (unpaired) electrons. The maximum atomic E-state index is 13.8. The molecule has 1 aliphatic rings. The minimum atomic E-state index is -0.946. The lowest BCUT2D eigenvalue weighted by molar-refractivity contribution is -0.139. The van der Waals surface area contributed by atoms with Crippen molar-refractivity contribution in [2.45, 2.75) is 25.0 Å². The van der Waals surface area contributed by atoms with Gasteiger partial charge in [0.1, 0.15) is 28.8 Å². The zero-order valence-electron chi connectivity index (χ0n) is 21.8. The molecule has 216 valence electrons. The van der Waals surface area contributed by atoms with Gasteiger partial charge in [0, 0.05) is 29.7 Å². The van der Waals surface area contributed by atoms with E-state index in [2.05, 4.69) is 5.32 Å². The normalized spacial score (nSPS) is 14.7. The number of carboxylic acid groups (broad SMARTS) is 1. The van der Waals surface area contributed by atoms with Gasteiger partial charge in [0.2, 0.25) is 0 Å². The number of carbonyl (C=O) groups excluding carboxylic acids is 1. The second-order valence-electron chi connectivity index (χ2n) is 9.46. The molecule has 0 saturated heterocycles. The molecule has 0 spiro atoms. The largest absolute Gasteiger partial charge is 0.493 e. The third kappa shape index (κ3) is 7.07. The molecule has 0 bridgehead atoms. The van der Waals surface area contributed by atoms with Gasteiger partial charge in [0.25, 0.3) is 5.91 Å². The molecular formula is C31H23Cl3FNO6. The molecule has 2 N–H and O–H groups in total. The van der Waals surface area contributed by atoms with E-state index < -0.39 is 29.8 Å². The number of benzene rings is 4. The van der Waals surface area contributed by atoms with Crippen LogP contribution in [0.5, 0.6) is 23.0 Å². The van der Waals surface area contributed by atoms with Crippen molar-refractivity contribution in [2.24, 2.45) is 0 Å². The average Bonchev–Trinajstić information content (AvgIpc) is 2.95. The summed E-state index contributed by atoms with van der Waals surface area (Å²) in [5.41, 5.74) is 1.42. The summed E-state index contributed by atoms with van der Waals surface area (Å²) in [6.45, 7) is 0.268. The van der Waals surface area contributed by atoms with Gasteiger partial charge >= 0.3 is 5.97 Å². The first kappa shape index (κ1) is 29.5. The number of halogens is 4. The molecule has 0 aromatic heterocycles. The average molecular weight is 631 g/mol. The van der Waals surface area contributed by atoms with Crippen molar-refractivity contribution in [2.75, 3.05) is 6.61 Å². The van der Waals surface area contributed by atoms with Crippen LogP contribution in [0.4, 0.5) is 4.39 Å². The first-order chi connectivity index (χ1) is 20.2. The van der Waals surface area contributed by atoms with E-state index in [0.29, 0.717) is 45.4 Å². The van der Waals surface area contributed by atoms with E-state index in [4.69, 9.17) is 49.0 Å². The zero-order chi connectivity index (χ0) is 29.8. The highest BCUT2D eigenvalue weighted by molar-refractivity contribution is 6.42. The Morgan fingerprint density at radius 1 is 0.952 bits per heavy atom. The molecule has 4 aromatic carbocycles. The van der Waals surface area contributed by atoms with Crippen molar-refractivity contribution >= 4 is 46.7 Å². The van der Waals surface area contributed by atoms with Gasteiger partial charge in [-0.15, -0.1) is 0 Å². The quantitative estimate of drug-likeness (QED) is 0.183. The van der Waals surface area contributed by atoms with Crippen LogP contribution in [0.2, 0.25) is 15.1 Å². The summed E-state index contributed by atoms with van der Waals surface area (Å²) in [7, 11) is 0. The maximum absolute atomic E-state index is 13.8. The minimum absolute atomic E-state index is 0.173. The van der Waals surface area contributed by atoms with Crippen molar-refractivity contribution < 1.29 is 33.3 Å². The van der Waals surface area contributed by atoms with Crippen molar-refractivity contribution in [3.63, 3.8) is 0 Å². The Kier molecular flexibility index (Phi) is 9.06. The second-order valence-corrected chi connectivity index (χ2v) is 10.7. The molecule has 42 heavy (non-hydrogen) atoms. The van der Waals surface area contributed by atoms with Crippen LogP contribution in [0.25, 0.3) is 0 Å². The number of aliphatic carboxylic acids is 1. The Hall–Kier alpha value is -3.98. The van der Waals surface area contributed by atoms with Crippen LogP contribution in [0.1, 0.15) is 33.8 Å². The highest BCUT2D eigenvalue weighted by atomic mass is 35.5. The smallest absolute Gasteiger partial charge is 0.311 e. The van der Waals surface area contributed by atoms with E-state index in [-0.39, 0.29) is 28.8 Å². The third-order valence-electron chi connectivity index (χ3n) is 6.52. The van der Waals surface area contributed by atoms with Gasteiger partial charge in [0.15, 0.2) is 6.23 Å². The number of rotatable bonds is 9. The van der Waals surface area contributed by atoms with Gasteiger partial charge < -0.3 is 24.6 Å². The van der Waals surface area contributed by atoms with E-state index >= 15 is 0 Å². The van der Waals surface area contributed by atoms with Crippen molar-refractivity contribution in [3.8, 4) is 23.0 Å². The number of ether oxygens (including phenoxy) is 3. The SMILES string of the molecule is O=C(NC(Cc1cccc(F)c1)Oc1ccc(Cl)c(Cl)c1)c1ccc(Oc2cc3c(cc2Cl)C(C(=O)O)CCO3)cc1. The van der Waals surface area contributed by atoms with Crippen LogP contribution in [0, 0.1) is 5.82 Å². The number of hydrogen-bond acceptors (Lipinski definition) is 5. The van der Waals surface area contributed by atoms with E-state index in [1.165, 1.54) is 18.2 Å². The van der Waals surface area contributed by atoms with Crippen LogP contribution >= 0.6 is 34.8 Å². The topological polar surface area (TPSA) is 94.1 Å². The van der Waals surface area contributed by atoms with Crippen LogP contribution in [0.15, 0.2) is 78.9 Å². The van der Waals surface area contributed by atoms with Gasteiger partial charge in [0.05, 0.1) is 27.6 Å². The minimum Gasteiger partial charge on any atom is -0.493 e. The van der Waals surface area contributed by atoms with Gasteiger partial charge in [-0.2, -0.15) is 0 Å². The molecular weight excluding hydrogens is 608 g/mol. The van der Waals surface area contributed by atoms with Crippen molar-refractivity contribution in [1.29, 1.82) is 0 Å². The lowest BCUT2D eigenvalue weighted by Gasteiger charge is -2.24. The van der Waals surface area contributed by atoms with Crippen molar-refractivity contribution in [3.05, 3.63) is 116 Å². The van der Waals surface area contributed by atoms with Gasteiger partial charge in [-0.25, -0.2) is 4.39 Å². The Morgan fingerprint density at radius 3 is 2.43 bits per heavy atom. The molecule has 11 heteroatoms. The molecule has 5 rings (SSSR count). The number of hydrogen-bond donors (Lipinski definition) is 2. The molecule has 0 fully saturated rings. The predicted octanol–water partition coefficient (Wildman–Crippen LogP) is 7.91. The van der Waals surface area contributed by atoms with Crippen LogP contribution < -0.4 is 19.5 Å². The summed E-state index contributed by atoms with van der Waals surface area (Å²) in [4.78, 5) is 24.7. The first-order valence-electron chi connectivity index (χ1n) is 12.8. The monoisotopic (exact) mass is 629 g/mol. The Balaban J connectivity index is 1.30. The summed E-state index contributed by atoms with van der Waals surface area (Å²) >= 11 is 18.5. The number of carboxylic acids is 1. The van der Waals surface area contributed by atoms with E-state index in [0.717, 1.165) is 0 Å². The number of amides is 1. The van der Waals surface area contributed by atoms with E-state index in [1.54, 1.807) is 60.7 Å². The van der Waals surface area contributed by atoms with Crippen LogP contribution in [-0.4, -0.2) is 29.8 Å². The van der Waals surface area contributed by atoms with Gasteiger partial charge in [-0.3, -0.25) is 9.59 Å². The molecule has 2 atom stereocenters.